The molecular formula is C17H37BrIN. The van der Waals surface area contributed by atoms with Crippen LogP contribution < -0.4 is 24.0 Å². The van der Waals surface area contributed by atoms with Gasteiger partial charge >= 0.3 is 0 Å². The van der Waals surface area contributed by atoms with Gasteiger partial charge < -0.3 is 28.5 Å². The zero-order valence-electron chi connectivity index (χ0n) is 14.1. The van der Waals surface area contributed by atoms with Gasteiger partial charge in [-0.15, -0.1) is 0 Å². The quantitative estimate of drug-likeness (QED) is 0.161. The molecule has 0 fully saturated rings. The molecule has 0 aromatic carbocycles. The molecule has 0 heterocycles. The normalized spacial score (nSPS) is 11.4. The summed E-state index contributed by atoms with van der Waals surface area (Å²) < 4.78 is 1.32. The van der Waals surface area contributed by atoms with Crippen molar-refractivity contribution in [3.8, 4) is 0 Å². The third-order valence-corrected chi connectivity index (χ3v) is 4.75. The summed E-state index contributed by atoms with van der Waals surface area (Å²) in [6, 6.07) is 0. The molecule has 0 aliphatic heterocycles. The third-order valence-electron chi connectivity index (χ3n) is 4.18. The Labute approximate surface area is 154 Å². The van der Waals surface area contributed by atoms with Gasteiger partial charge in [-0.2, -0.15) is 0 Å². The maximum Gasteiger partial charge on any atom is 0.0784 e. The zero-order chi connectivity index (χ0) is 14.4. The van der Waals surface area contributed by atoms with Crippen molar-refractivity contribution in [2.75, 3.05) is 32.0 Å². The van der Waals surface area contributed by atoms with E-state index in [1.54, 1.807) is 0 Å². The highest BCUT2D eigenvalue weighted by Gasteiger charge is 2.19. The molecule has 0 atom stereocenters. The van der Waals surface area contributed by atoms with E-state index in [4.69, 9.17) is 0 Å². The second kappa shape index (κ2) is 16.5. The first-order valence-corrected chi connectivity index (χ1v) is 9.70. The van der Waals surface area contributed by atoms with Gasteiger partial charge in [0.2, 0.25) is 0 Å². The number of alkyl halides is 1. The van der Waals surface area contributed by atoms with Crippen molar-refractivity contribution in [2.24, 2.45) is 0 Å². The van der Waals surface area contributed by atoms with E-state index < -0.39 is 0 Å². The lowest BCUT2D eigenvalue weighted by Crippen LogP contribution is -3.00. The number of quaternary nitrogens is 1. The van der Waals surface area contributed by atoms with Gasteiger partial charge in [-0.25, -0.2) is 0 Å². The first-order chi connectivity index (χ1) is 9.18. The molecule has 1 nitrogen and oxygen atoms in total. The van der Waals surface area contributed by atoms with Gasteiger partial charge in [0, 0.05) is 5.33 Å². The van der Waals surface area contributed by atoms with E-state index >= 15 is 0 Å². The molecule has 124 valence electrons. The monoisotopic (exact) mass is 461 g/mol. The first-order valence-electron chi connectivity index (χ1n) is 8.58. The second-order valence-electron chi connectivity index (χ2n) is 6.31. The number of unbranched alkanes of at least 4 members (excludes halogenated alkanes) is 7. The molecule has 0 aliphatic rings. The fourth-order valence-corrected chi connectivity index (χ4v) is 3.16. The molecule has 0 bridgehead atoms. The molecule has 0 aromatic rings. The summed E-state index contributed by atoms with van der Waals surface area (Å²) in [5, 5.41) is 1.17. The number of nitrogens with zero attached hydrogens (tertiary/aromatic N) is 1. The van der Waals surface area contributed by atoms with Gasteiger partial charge in [-0.3, -0.25) is 0 Å². The van der Waals surface area contributed by atoms with Gasteiger partial charge in [-0.05, 0) is 38.5 Å². The molecule has 20 heavy (non-hydrogen) atoms. The smallest absolute Gasteiger partial charge is 0.0784 e. The van der Waals surface area contributed by atoms with Crippen LogP contribution in [0.15, 0.2) is 0 Å². The van der Waals surface area contributed by atoms with Crippen molar-refractivity contribution in [2.45, 2.75) is 78.1 Å². The molecule has 0 rings (SSSR count). The lowest BCUT2D eigenvalue weighted by molar-refractivity contribution is -0.910. The Bertz CT molecular complexity index is 176. The van der Waals surface area contributed by atoms with Crippen molar-refractivity contribution in [1.29, 1.82) is 0 Å². The van der Waals surface area contributed by atoms with Crippen LogP contribution in [0.25, 0.3) is 0 Å². The maximum atomic E-state index is 3.56. The number of halogens is 2. The van der Waals surface area contributed by atoms with Gasteiger partial charge in [0.15, 0.2) is 0 Å². The van der Waals surface area contributed by atoms with Crippen LogP contribution in [0.5, 0.6) is 0 Å². The topological polar surface area (TPSA) is 0 Å². The van der Waals surface area contributed by atoms with Crippen molar-refractivity contribution >= 4 is 15.9 Å². The summed E-state index contributed by atoms with van der Waals surface area (Å²) >= 11 is 3.56. The van der Waals surface area contributed by atoms with Gasteiger partial charge in [0.1, 0.15) is 0 Å². The standard InChI is InChI=1S/C17H37BrN.HI/c1-4-6-8-11-15-19(3,17-13-10-14-18)16-12-9-7-5-2;/h4-17H2,1-3H3;1H/q+1;/p-1. The number of hydrogen-bond donors (Lipinski definition) is 0. The number of rotatable bonds is 14. The molecule has 0 unspecified atom stereocenters. The molecule has 0 saturated carbocycles. The molecule has 0 aliphatic carbocycles. The van der Waals surface area contributed by atoms with Gasteiger partial charge in [0.25, 0.3) is 0 Å². The van der Waals surface area contributed by atoms with E-state index in [2.05, 4.69) is 36.8 Å². The molecule has 3 heteroatoms. The Hall–Kier alpha value is 1.17. The highest BCUT2D eigenvalue weighted by molar-refractivity contribution is 9.09. The van der Waals surface area contributed by atoms with Gasteiger partial charge in [-0.1, -0.05) is 55.5 Å². The van der Waals surface area contributed by atoms with Crippen LogP contribution in [0.3, 0.4) is 0 Å². The molecule has 0 N–H and O–H groups in total. The van der Waals surface area contributed by atoms with E-state index in [1.165, 1.54) is 93.7 Å². The van der Waals surface area contributed by atoms with Crippen LogP contribution >= 0.6 is 15.9 Å². The van der Waals surface area contributed by atoms with Crippen LogP contribution in [0.4, 0.5) is 0 Å². The van der Waals surface area contributed by atoms with Crippen LogP contribution in [0.1, 0.15) is 78.1 Å². The van der Waals surface area contributed by atoms with Crippen LogP contribution in [-0.4, -0.2) is 36.5 Å². The summed E-state index contributed by atoms with van der Waals surface area (Å²) in [6.45, 7) is 8.77. The average molecular weight is 462 g/mol. The Morgan fingerprint density at radius 2 is 1.05 bits per heavy atom. The van der Waals surface area contributed by atoms with Crippen LogP contribution in [-0.2, 0) is 0 Å². The Morgan fingerprint density at radius 3 is 1.40 bits per heavy atom. The predicted octanol–water partition coefficient (Wildman–Crippen LogP) is 2.77. The van der Waals surface area contributed by atoms with Crippen molar-refractivity contribution in [3.63, 3.8) is 0 Å². The van der Waals surface area contributed by atoms with Crippen molar-refractivity contribution < 1.29 is 28.5 Å². The first kappa shape index (κ1) is 23.4. The Morgan fingerprint density at radius 1 is 0.650 bits per heavy atom. The Kier molecular flexibility index (Phi) is 19.4. The largest absolute Gasteiger partial charge is 1.00 e. The summed E-state index contributed by atoms with van der Waals surface area (Å²) in [4.78, 5) is 0. The molecular weight excluding hydrogens is 425 g/mol. The molecule has 0 spiro atoms. The Balaban J connectivity index is 0. The minimum Gasteiger partial charge on any atom is -1.00 e. The second-order valence-corrected chi connectivity index (χ2v) is 7.10. The van der Waals surface area contributed by atoms with Crippen LogP contribution in [0, 0.1) is 0 Å². The third kappa shape index (κ3) is 14.1. The lowest BCUT2D eigenvalue weighted by Gasteiger charge is -2.35. The minimum absolute atomic E-state index is 0. The fraction of sp³-hybridized carbons (Fsp3) is 1.00. The summed E-state index contributed by atoms with van der Waals surface area (Å²) in [6.07, 6.45) is 13.9. The van der Waals surface area contributed by atoms with E-state index in [0.29, 0.717) is 0 Å². The predicted molar refractivity (Wildman–Crippen MR) is 92.1 cm³/mol. The van der Waals surface area contributed by atoms with E-state index in [-0.39, 0.29) is 24.0 Å². The highest BCUT2D eigenvalue weighted by atomic mass is 127. The van der Waals surface area contributed by atoms with Crippen molar-refractivity contribution in [1.82, 2.24) is 0 Å². The molecule has 0 saturated heterocycles. The molecule has 0 amide bonds. The lowest BCUT2D eigenvalue weighted by atomic mass is 10.1. The summed E-state index contributed by atoms with van der Waals surface area (Å²) in [5.41, 5.74) is 0. The molecule has 0 radical (unpaired) electrons. The van der Waals surface area contributed by atoms with Crippen molar-refractivity contribution in [3.05, 3.63) is 0 Å². The average Bonchev–Trinajstić information content (AvgIpc) is 2.41. The van der Waals surface area contributed by atoms with Gasteiger partial charge in [0.05, 0.1) is 26.7 Å². The molecule has 0 aromatic heterocycles. The van der Waals surface area contributed by atoms with Crippen LogP contribution in [0.2, 0.25) is 0 Å². The van der Waals surface area contributed by atoms with E-state index in [9.17, 15) is 0 Å². The zero-order valence-corrected chi connectivity index (χ0v) is 17.8. The van der Waals surface area contributed by atoms with E-state index in [0.717, 1.165) is 0 Å². The summed E-state index contributed by atoms with van der Waals surface area (Å²) in [5.74, 6) is 0. The maximum absolute atomic E-state index is 3.56. The summed E-state index contributed by atoms with van der Waals surface area (Å²) in [7, 11) is 2.49. The number of hydrogen-bond acceptors (Lipinski definition) is 0. The highest BCUT2D eigenvalue weighted by Crippen LogP contribution is 2.14. The SMILES string of the molecule is CCCCCC[N+](C)(CCCCBr)CCCCCC.[I-]. The van der Waals surface area contributed by atoms with E-state index in [1.807, 2.05) is 0 Å². The minimum atomic E-state index is 0. The fourth-order valence-electron chi connectivity index (χ4n) is 2.76.